The Balaban J connectivity index is 2.42. The molecule has 0 unspecified atom stereocenters. The molecule has 10 heteroatoms. The molecular formula is C15H17BrN4O4S. The second kappa shape index (κ2) is 7.79. The molecule has 0 bridgehead atoms. The number of aryl methyl sites for hydroxylation is 1. The van der Waals surface area contributed by atoms with Gasteiger partial charge in [0.1, 0.15) is 10.7 Å². The zero-order valence-electron chi connectivity index (χ0n) is 13.9. The number of halogens is 1. The van der Waals surface area contributed by atoms with Gasteiger partial charge in [0.05, 0.1) is 27.7 Å². The highest BCUT2D eigenvalue weighted by Gasteiger charge is 2.27. The van der Waals surface area contributed by atoms with E-state index in [1.807, 2.05) is 6.92 Å². The second-order valence-electron chi connectivity index (χ2n) is 5.18. The Morgan fingerprint density at radius 1 is 1.44 bits per heavy atom. The van der Waals surface area contributed by atoms with E-state index >= 15 is 0 Å². The number of nitrogens with two attached hydrogens (primary N) is 1. The number of ether oxygens (including phenoxy) is 1. The quantitative estimate of drug-likeness (QED) is 0.685. The molecule has 2 rings (SSSR count). The standard InChI is InChI=1S/C15H17BrN4O4S/c1-4-5-24-15(23)9-7(2)11(12(17)21)25-14(9)19-13(22)10-8(16)6-18-20(10)3/h6H,4-5H2,1-3H3,(H2,17,21)(H,19,22). The summed E-state index contributed by atoms with van der Waals surface area (Å²) >= 11 is 4.19. The van der Waals surface area contributed by atoms with Gasteiger partial charge in [-0.15, -0.1) is 11.3 Å². The molecule has 0 saturated carbocycles. The van der Waals surface area contributed by atoms with Gasteiger partial charge in [-0.2, -0.15) is 5.10 Å². The summed E-state index contributed by atoms with van der Waals surface area (Å²) in [7, 11) is 1.62. The van der Waals surface area contributed by atoms with Crippen molar-refractivity contribution in [1.82, 2.24) is 9.78 Å². The van der Waals surface area contributed by atoms with Crippen molar-refractivity contribution in [1.29, 1.82) is 0 Å². The van der Waals surface area contributed by atoms with Gasteiger partial charge in [-0.3, -0.25) is 14.3 Å². The highest BCUT2D eigenvalue weighted by molar-refractivity contribution is 9.10. The number of anilines is 1. The predicted molar refractivity (Wildman–Crippen MR) is 97.0 cm³/mol. The number of esters is 1. The van der Waals surface area contributed by atoms with Crippen molar-refractivity contribution >= 4 is 50.1 Å². The maximum atomic E-state index is 12.5. The zero-order valence-corrected chi connectivity index (χ0v) is 16.3. The summed E-state index contributed by atoms with van der Waals surface area (Å²) in [5.74, 6) is -1.76. The van der Waals surface area contributed by atoms with Gasteiger partial charge in [0.2, 0.25) is 0 Å². The molecule has 0 aromatic carbocycles. The van der Waals surface area contributed by atoms with Crippen LogP contribution in [0.5, 0.6) is 0 Å². The Morgan fingerprint density at radius 3 is 2.64 bits per heavy atom. The van der Waals surface area contributed by atoms with E-state index in [4.69, 9.17) is 10.5 Å². The minimum Gasteiger partial charge on any atom is -0.462 e. The number of nitrogens with zero attached hydrogens (tertiary/aromatic N) is 2. The maximum absolute atomic E-state index is 12.5. The molecule has 3 N–H and O–H groups in total. The third-order valence-electron chi connectivity index (χ3n) is 3.35. The fourth-order valence-corrected chi connectivity index (χ4v) is 3.75. The molecule has 2 amide bonds. The molecule has 0 saturated heterocycles. The Hall–Kier alpha value is -2.20. The monoisotopic (exact) mass is 428 g/mol. The number of aromatic nitrogens is 2. The van der Waals surface area contributed by atoms with Gasteiger partial charge in [-0.05, 0) is 34.8 Å². The van der Waals surface area contributed by atoms with Crippen LogP contribution in [0.3, 0.4) is 0 Å². The number of primary amides is 1. The highest BCUT2D eigenvalue weighted by atomic mass is 79.9. The van der Waals surface area contributed by atoms with Crippen molar-refractivity contribution < 1.29 is 19.1 Å². The van der Waals surface area contributed by atoms with E-state index in [0.29, 0.717) is 16.5 Å². The molecule has 0 aliphatic heterocycles. The number of carbonyl (C=O) groups is 3. The molecule has 2 aromatic rings. The van der Waals surface area contributed by atoms with Crippen molar-refractivity contribution in [3.05, 3.63) is 32.4 Å². The van der Waals surface area contributed by atoms with E-state index in [1.54, 1.807) is 14.0 Å². The van der Waals surface area contributed by atoms with Crippen LogP contribution in [0.2, 0.25) is 0 Å². The topological polar surface area (TPSA) is 116 Å². The lowest BCUT2D eigenvalue weighted by molar-refractivity contribution is 0.0506. The van der Waals surface area contributed by atoms with E-state index in [2.05, 4.69) is 26.3 Å². The molecule has 2 heterocycles. The van der Waals surface area contributed by atoms with E-state index in [1.165, 1.54) is 10.9 Å². The minimum absolute atomic E-state index is 0.138. The van der Waals surface area contributed by atoms with Crippen molar-refractivity contribution in [2.24, 2.45) is 12.8 Å². The smallest absolute Gasteiger partial charge is 0.341 e. The summed E-state index contributed by atoms with van der Waals surface area (Å²) < 4.78 is 7.05. The first-order chi connectivity index (χ1) is 11.8. The van der Waals surface area contributed by atoms with E-state index in [0.717, 1.165) is 11.3 Å². The number of rotatable bonds is 6. The number of hydrogen-bond acceptors (Lipinski definition) is 6. The average molecular weight is 429 g/mol. The first-order valence-corrected chi connectivity index (χ1v) is 8.98. The van der Waals surface area contributed by atoms with Gasteiger partial charge in [0, 0.05) is 7.05 Å². The molecule has 134 valence electrons. The van der Waals surface area contributed by atoms with Crippen molar-refractivity contribution in [3.63, 3.8) is 0 Å². The number of carbonyl (C=O) groups excluding carboxylic acids is 3. The van der Waals surface area contributed by atoms with Gasteiger partial charge in [0.25, 0.3) is 11.8 Å². The SMILES string of the molecule is CCCOC(=O)c1c(NC(=O)c2c(Br)cnn2C)sc(C(N)=O)c1C. The Kier molecular flexibility index (Phi) is 5.96. The van der Waals surface area contributed by atoms with Crippen LogP contribution < -0.4 is 11.1 Å². The molecule has 0 spiro atoms. The largest absolute Gasteiger partial charge is 0.462 e. The predicted octanol–water partition coefficient (Wildman–Crippen LogP) is 2.47. The third kappa shape index (κ3) is 3.90. The molecule has 0 aliphatic carbocycles. The Labute approximate surface area is 156 Å². The van der Waals surface area contributed by atoms with E-state index in [9.17, 15) is 14.4 Å². The molecule has 2 aromatic heterocycles. The minimum atomic E-state index is -0.672. The molecular weight excluding hydrogens is 412 g/mol. The number of amides is 2. The molecule has 0 atom stereocenters. The summed E-state index contributed by atoms with van der Waals surface area (Å²) in [6.07, 6.45) is 2.14. The van der Waals surface area contributed by atoms with Crippen molar-refractivity contribution in [3.8, 4) is 0 Å². The van der Waals surface area contributed by atoms with Crippen LogP contribution >= 0.6 is 27.3 Å². The normalized spacial score (nSPS) is 10.6. The van der Waals surface area contributed by atoms with Crippen LogP contribution in [0.15, 0.2) is 10.7 Å². The summed E-state index contributed by atoms with van der Waals surface area (Å²) in [5, 5.41) is 6.84. The lowest BCUT2D eigenvalue weighted by Gasteiger charge is -2.08. The van der Waals surface area contributed by atoms with Gasteiger partial charge < -0.3 is 15.8 Å². The molecule has 8 nitrogen and oxygen atoms in total. The van der Waals surface area contributed by atoms with Gasteiger partial charge >= 0.3 is 5.97 Å². The van der Waals surface area contributed by atoms with Crippen LogP contribution in [0.25, 0.3) is 0 Å². The van der Waals surface area contributed by atoms with Gasteiger partial charge in [-0.1, -0.05) is 6.92 Å². The molecule has 0 fully saturated rings. The first-order valence-electron chi connectivity index (χ1n) is 7.37. The van der Waals surface area contributed by atoms with Crippen molar-refractivity contribution in [2.75, 3.05) is 11.9 Å². The average Bonchev–Trinajstić information content (AvgIpc) is 3.04. The van der Waals surface area contributed by atoms with E-state index in [-0.39, 0.29) is 27.7 Å². The van der Waals surface area contributed by atoms with Crippen LogP contribution in [0.4, 0.5) is 5.00 Å². The maximum Gasteiger partial charge on any atom is 0.341 e. The van der Waals surface area contributed by atoms with Crippen LogP contribution in [0.1, 0.15) is 49.4 Å². The molecule has 25 heavy (non-hydrogen) atoms. The summed E-state index contributed by atoms with van der Waals surface area (Å²) in [4.78, 5) is 36.7. The Bertz CT molecular complexity index is 823. The highest BCUT2D eigenvalue weighted by Crippen LogP contribution is 2.34. The van der Waals surface area contributed by atoms with Crippen LogP contribution in [0, 0.1) is 6.92 Å². The summed E-state index contributed by atoms with van der Waals surface area (Å²) in [5.41, 5.74) is 6.16. The van der Waals surface area contributed by atoms with Gasteiger partial charge in [-0.25, -0.2) is 4.79 Å². The van der Waals surface area contributed by atoms with Crippen LogP contribution in [-0.4, -0.2) is 34.2 Å². The van der Waals surface area contributed by atoms with E-state index < -0.39 is 17.8 Å². The summed E-state index contributed by atoms with van der Waals surface area (Å²) in [6, 6.07) is 0. The number of hydrogen-bond donors (Lipinski definition) is 2. The number of nitrogens with one attached hydrogen (secondary N) is 1. The van der Waals surface area contributed by atoms with Crippen LogP contribution in [-0.2, 0) is 11.8 Å². The second-order valence-corrected chi connectivity index (χ2v) is 7.05. The fourth-order valence-electron chi connectivity index (χ4n) is 2.18. The first kappa shape index (κ1) is 19.1. The summed E-state index contributed by atoms with van der Waals surface area (Å²) in [6.45, 7) is 3.70. The number of thiophene rings is 1. The van der Waals surface area contributed by atoms with Gasteiger partial charge in [0.15, 0.2) is 0 Å². The fraction of sp³-hybridized carbons (Fsp3) is 0.333. The lowest BCUT2D eigenvalue weighted by Crippen LogP contribution is -2.18. The van der Waals surface area contributed by atoms with Crippen molar-refractivity contribution in [2.45, 2.75) is 20.3 Å². The Morgan fingerprint density at radius 2 is 2.12 bits per heavy atom. The molecule has 0 radical (unpaired) electrons. The third-order valence-corrected chi connectivity index (χ3v) is 5.15. The molecule has 0 aliphatic rings. The lowest BCUT2D eigenvalue weighted by atomic mass is 10.1. The zero-order chi connectivity index (χ0) is 18.7.